The van der Waals surface area contributed by atoms with Crippen LogP contribution in [0, 0.1) is 0 Å². The van der Waals surface area contributed by atoms with E-state index in [-0.39, 0.29) is 36.0 Å². The molecule has 0 radical (unpaired) electrons. The van der Waals surface area contributed by atoms with E-state index in [2.05, 4.69) is 10.1 Å². The van der Waals surface area contributed by atoms with Crippen molar-refractivity contribution in [2.75, 3.05) is 49.6 Å². The van der Waals surface area contributed by atoms with Gasteiger partial charge in [-0.1, -0.05) is 0 Å². The molecule has 0 aliphatic carbocycles. The zero-order valence-corrected chi connectivity index (χ0v) is 17.3. The standard InChI is InChI=1S/C18H20F8N4O4/c19-16(20)34-13-5-10(1-2-11(13)30-3-4-33-7-14(30)31)28-15(32)12(6-27)29(8-17(21,22)23)9-18(24,25)26/h1-2,5,12,16H,3-4,6-9,27H2,(H,28,32)/t12-/m1/s1. The van der Waals surface area contributed by atoms with Crippen molar-refractivity contribution in [2.45, 2.75) is 25.0 Å². The van der Waals surface area contributed by atoms with Crippen LogP contribution in [0.3, 0.4) is 0 Å². The summed E-state index contributed by atoms with van der Waals surface area (Å²) in [6.07, 6.45) is -10.1. The van der Waals surface area contributed by atoms with Crippen molar-refractivity contribution in [2.24, 2.45) is 5.73 Å². The summed E-state index contributed by atoms with van der Waals surface area (Å²) in [5.74, 6) is -2.47. The number of rotatable bonds is 9. The number of nitrogens with zero attached hydrogens (tertiary/aromatic N) is 2. The van der Waals surface area contributed by atoms with Gasteiger partial charge in [-0.25, -0.2) is 0 Å². The van der Waals surface area contributed by atoms with Gasteiger partial charge in [-0.05, 0) is 12.1 Å². The van der Waals surface area contributed by atoms with Crippen LogP contribution in [0.15, 0.2) is 18.2 Å². The molecule has 2 rings (SSSR count). The zero-order chi connectivity index (χ0) is 25.7. The summed E-state index contributed by atoms with van der Waals surface area (Å²) >= 11 is 0. The summed E-state index contributed by atoms with van der Waals surface area (Å²) in [5.41, 5.74) is 4.89. The van der Waals surface area contributed by atoms with E-state index in [1.807, 2.05) is 0 Å². The highest BCUT2D eigenvalue weighted by Crippen LogP contribution is 2.34. The van der Waals surface area contributed by atoms with Crippen molar-refractivity contribution in [3.8, 4) is 5.75 Å². The fourth-order valence-electron chi connectivity index (χ4n) is 3.16. The minimum atomic E-state index is -5.07. The molecule has 0 aromatic heterocycles. The predicted molar refractivity (Wildman–Crippen MR) is 101 cm³/mol. The molecule has 0 spiro atoms. The maximum Gasteiger partial charge on any atom is 0.401 e. The fourth-order valence-corrected chi connectivity index (χ4v) is 3.16. The molecule has 8 nitrogen and oxygen atoms in total. The highest BCUT2D eigenvalue weighted by atomic mass is 19.4. The third-order valence-electron chi connectivity index (χ3n) is 4.45. The molecule has 0 bridgehead atoms. The molecule has 0 unspecified atom stereocenters. The fraction of sp³-hybridized carbons (Fsp3) is 0.556. The number of benzene rings is 1. The van der Waals surface area contributed by atoms with Gasteiger partial charge in [-0.2, -0.15) is 35.1 Å². The number of hydrogen-bond acceptors (Lipinski definition) is 6. The second-order valence-corrected chi connectivity index (χ2v) is 7.04. The van der Waals surface area contributed by atoms with E-state index in [0.29, 0.717) is 0 Å². The Bertz CT molecular complexity index is 849. The molecule has 1 aromatic rings. The molecule has 1 fully saturated rings. The van der Waals surface area contributed by atoms with Crippen LogP contribution in [-0.2, 0) is 14.3 Å². The van der Waals surface area contributed by atoms with Crippen molar-refractivity contribution in [1.29, 1.82) is 0 Å². The second kappa shape index (κ2) is 11.1. The van der Waals surface area contributed by atoms with Crippen molar-refractivity contribution in [1.82, 2.24) is 4.90 Å². The molecular formula is C18H20F8N4O4. The number of amides is 2. The number of alkyl halides is 8. The molecule has 192 valence electrons. The molecule has 3 N–H and O–H groups in total. The lowest BCUT2D eigenvalue weighted by Crippen LogP contribution is -2.54. The Kier molecular flexibility index (Phi) is 9.02. The van der Waals surface area contributed by atoms with Crippen molar-refractivity contribution >= 4 is 23.2 Å². The molecule has 1 heterocycles. The van der Waals surface area contributed by atoms with Gasteiger partial charge in [0.15, 0.2) is 5.75 Å². The van der Waals surface area contributed by atoms with Gasteiger partial charge < -0.3 is 25.4 Å². The van der Waals surface area contributed by atoms with Crippen molar-refractivity contribution in [3.05, 3.63) is 18.2 Å². The Morgan fingerprint density at radius 1 is 1.18 bits per heavy atom. The number of nitrogens with one attached hydrogen (secondary N) is 1. The second-order valence-electron chi connectivity index (χ2n) is 7.04. The normalized spacial score (nSPS) is 16.2. The van der Waals surface area contributed by atoms with E-state index in [9.17, 15) is 44.7 Å². The Balaban J connectivity index is 2.30. The van der Waals surface area contributed by atoms with E-state index in [0.717, 1.165) is 23.1 Å². The van der Waals surface area contributed by atoms with Gasteiger partial charge in [0.25, 0.3) is 5.91 Å². The van der Waals surface area contributed by atoms with E-state index in [1.54, 1.807) is 0 Å². The molecule has 1 aliphatic heterocycles. The first kappa shape index (κ1) is 27.5. The van der Waals surface area contributed by atoms with Crippen molar-refractivity contribution < 1.29 is 54.2 Å². The smallest absolute Gasteiger partial charge is 0.401 e. The molecule has 1 aromatic carbocycles. The Morgan fingerprint density at radius 3 is 2.29 bits per heavy atom. The quantitative estimate of drug-likeness (QED) is 0.498. The van der Waals surface area contributed by atoms with Crippen LogP contribution >= 0.6 is 0 Å². The van der Waals surface area contributed by atoms with E-state index < -0.39 is 62.2 Å². The van der Waals surface area contributed by atoms with Crippen LogP contribution in [0.1, 0.15) is 0 Å². The maximum absolute atomic E-state index is 12.9. The molecule has 16 heteroatoms. The third-order valence-corrected chi connectivity index (χ3v) is 4.45. The Morgan fingerprint density at radius 2 is 1.79 bits per heavy atom. The van der Waals surface area contributed by atoms with Crippen molar-refractivity contribution in [3.63, 3.8) is 0 Å². The minimum absolute atomic E-state index is 0.00320. The van der Waals surface area contributed by atoms with Crippen LogP contribution in [-0.4, -0.2) is 81.1 Å². The summed E-state index contributed by atoms with van der Waals surface area (Å²) in [6, 6.07) is 1.04. The summed E-state index contributed by atoms with van der Waals surface area (Å²) < 4.78 is 112. The Labute approximate surface area is 187 Å². The van der Waals surface area contributed by atoms with Gasteiger partial charge >= 0.3 is 19.0 Å². The topological polar surface area (TPSA) is 97.1 Å². The van der Waals surface area contributed by atoms with Gasteiger partial charge in [0.1, 0.15) is 12.6 Å². The number of carbonyl (C=O) groups is 2. The number of halogens is 8. The number of anilines is 2. The molecule has 34 heavy (non-hydrogen) atoms. The first-order chi connectivity index (χ1) is 15.7. The maximum atomic E-state index is 12.9. The third kappa shape index (κ3) is 8.25. The van der Waals surface area contributed by atoms with Crippen LogP contribution < -0.4 is 20.7 Å². The predicted octanol–water partition coefficient (Wildman–Crippen LogP) is 2.34. The number of carbonyl (C=O) groups excluding carboxylic acids is 2. The molecule has 1 saturated heterocycles. The average Bonchev–Trinajstić information content (AvgIpc) is 2.66. The van der Waals surface area contributed by atoms with Gasteiger partial charge in [0, 0.05) is 24.8 Å². The lowest BCUT2D eigenvalue weighted by Gasteiger charge is -2.31. The van der Waals surface area contributed by atoms with Gasteiger partial charge in [0.05, 0.1) is 25.4 Å². The lowest BCUT2D eigenvalue weighted by molar-refractivity contribution is -0.186. The van der Waals surface area contributed by atoms with Gasteiger partial charge in [-0.3, -0.25) is 14.5 Å². The number of ether oxygens (including phenoxy) is 2. The summed E-state index contributed by atoms with van der Waals surface area (Å²) in [5, 5.41) is 2.05. The van der Waals surface area contributed by atoms with Crippen LogP contribution in [0.2, 0.25) is 0 Å². The number of nitrogens with two attached hydrogens (primary N) is 1. The first-order valence-corrected chi connectivity index (χ1v) is 9.55. The zero-order valence-electron chi connectivity index (χ0n) is 17.3. The van der Waals surface area contributed by atoms with Crippen LogP contribution in [0.25, 0.3) is 0 Å². The largest absolute Gasteiger partial charge is 0.433 e. The molecule has 2 amide bonds. The van der Waals surface area contributed by atoms with Crippen LogP contribution in [0.5, 0.6) is 5.75 Å². The molecule has 0 saturated carbocycles. The van der Waals surface area contributed by atoms with Gasteiger partial charge in [-0.15, -0.1) is 0 Å². The number of morpholine rings is 1. The van der Waals surface area contributed by atoms with Gasteiger partial charge in [0.2, 0.25) is 5.91 Å². The van der Waals surface area contributed by atoms with Crippen LogP contribution in [0.4, 0.5) is 46.5 Å². The minimum Gasteiger partial charge on any atom is -0.433 e. The summed E-state index contributed by atoms with van der Waals surface area (Å²) in [6.45, 7) is -8.60. The Hall–Kier alpha value is -2.72. The SMILES string of the molecule is NC[C@H](C(=O)Nc1ccc(N2CCOCC2=O)c(OC(F)F)c1)N(CC(F)(F)F)CC(F)(F)F. The molecular weight excluding hydrogens is 488 g/mol. The molecule has 1 atom stereocenters. The van der Waals surface area contributed by atoms with E-state index in [4.69, 9.17) is 10.5 Å². The first-order valence-electron chi connectivity index (χ1n) is 9.55. The molecule has 1 aliphatic rings. The number of hydrogen-bond donors (Lipinski definition) is 2. The summed E-state index contributed by atoms with van der Waals surface area (Å²) in [4.78, 5) is 25.4. The van der Waals surface area contributed by atoms with E-state index in [1.165, 1.54) is 0 Å². The highest BCUT2D eigenvalue weighted by molar-refractivity contribution is 5.98. The average molecular weight is 508 g/mol. The monoisotopic (exact) mass is 508 g/mol. The summed E-state index contributed by atoms with van der Waals surface area (Å²) in [7, 11) is 0. The lowest BCUT2D eigenvalue weighted by atomic mass is 10.2. The van der Waals surface area contributed by atoms with E-state index >= 15 is 0 Å². The highest BCUT2D eigenvalue weighted by Gasteiger charge is 2.42.